The summed E-state index contributed by atoms with van der Waals surface area (Å²) in [6, 6.07) is 5.70. The molecule has 2 bridgehead atoms. The second-order valence-corrected chi connectivity index (χ2v) is 6.23. The highest BCUT2D eigenvalue weighted by Gasteiger charge is 2.62. The van der Waals surface area contributed by atoms with E-state index < -0.39 is 4.92 Å². The molecule has 1 N–H and O–H groups in total. The molecule has 0 spiro atoms. The Morgan fingerprint density at radius 2 is 2.05 bits per heavy atom. The van der Waals surface area contributed by atoms with E-state index in [1.165, 1.54) is 30.7 Å². The summed E-state index contributed by atoms with van der Waals surface area (Å²) < 4.78 is 5.62. The number of rotatable bonds is 4. The van der Waals surface area contributed by atoms with E-state index in [2.05, 4.69) is 5.32 Å². The van der Waals surface area contributed by atoms with Gasteiger partial charge in [0.25, 0.3) is 11.6 Å². The molecule has 1 heterocycles. The van der Waals surface area contributed by atoms with E-state index in [1.54, 1.807) is 0 Å². The second kappa shape index (κ2) is 4.53. The highest BCUT2D eigenvalue weighted by Crippen LogP contribution is 2.58. The van der Waals surface area contributed by atoms with Crippen molar-refractivity contribution in [2.75, 3.05) is 6.54 Å². The highest BCUT2D eigenvalue weighted by atomic mass is 16.6. The number of nitro benzene ring substituents is 1. The lowest BCUT2D eigenvalue weighted by molar-refractivity contribution is -0.384. The molecule has 6 heteroatoms. The fraction of sp³-hybridized carbons (Fsp3) is 0.533. The zero-order chi connectivity index (χ0) is 14.6. The zero-order valence-electron chi connectivity index (χ0n) is 11.4. The number of nitro groups is 1. The third-order valence-corrected chi connectivity index (χ3v) is 5.10. The van der Waals surface area contributed by atoms with Gasteiger partial charge >= 0.3 is 0 Å². The normalized spacial score (nSPS) is 35.3. The van der Waals surface area contributed by atoms with Crippen LogP contribution in [0.25, 0.3) is 0 Å². The molecule has 1 saturated heterocycles. The van der Waals surface area contributed by atoms with E-state index in [9.17, 15) is 14.9 Å². The van der Waals surface area contributed by atoms with E-state index in [0.29, 0.717) is 42.1 Å². The smallest absolute Gasteiger partial charge is 0.269 e. The topological polar surface area (TPSA) is 84.8 Å². The Morgan fingerprint density at radius 3 is 2.67 bits per heavy atom. The Bertz CT molecular complexity index is 600. The Balaban J connectivity index is 1.34. The van der Waals surface area contributed by atoms with Gasteiger partial charge in [0.1, 0.15) is 0 Å². The molecule has 2 aliphatic carbocycles. The second-order valence-electron chi connectivity index (χ2n) is 6.23. The molecule has 0 unspecified atom stereocenters. The van der Waals surface area contributed by atoms with Crippen LogP contribution in [0.3, 0.4) is 0 Å². The number of nitrogens with zero attached hydrogens (tertiary/aromatic N) is 1. The summed E-state index contributed by atoms with van der Waals surface area (Å²) in [5, 5.41) is 13.5. The molecule has 3 fully saturated rings. The van der Waals surface area contributed by atoms with Gasteiger partial charge in [0.05, 0.1) is 17.1 Å². The van der Waals surface area contributed by atoms with Crippen LogP contribution in [0.2, 0.25) is 0 Å². The summed E-state index contributed by atoms with van der Waals surface area (Å²) in [5.41, 5.74) is 0.459. The van der Waals surface area contributed by atoms with Crippen molar-refractivity contribution in [1.82, 2.24) is 5.32 Å². The lowest BCUT2D eigenvalue weighted by Crippen LogP contribution is -2.33. The van der Waals surface area contributed by atoms with Gasteiger partial charge < -0.3 is 10.1 Å². The van der Waals surface area contributed by atoms with Crippen molar-refractivity contribution in [3.05, 3.63) is 39.9 Å². The minimum absolute atomic E-state index is 0.00317. The van der Waals surface area contributed by atoms with Crippen LogP contribution >= 0.6 is 0 Å². The summed E-state index contributed by atoms with van der Waals surface area (Å²) in [6.45, 7) is 0.670. The number of nitrogens with one attached hydrogen (secondary N) is 1. The van der Waals surface area contributed by atoms with Crippen molar-refractivity contribution in [3.63, 3.8) is 0 Å². The van der Waals surface area contributed by atoms with Gasteiger partial charge in [0, 0.05) is 24.2 Å². The van der Waals surface area contributed by atoms with E-state index in [0.717, 1.165) is 6.42 Å². The monoisotopic (exact) mass is 288 g/mol. The summed E-state index contributed by atoms with van der Waals surface area (Å²) in [5.74, 6) is 1.65. The Hall–Kier alpha value is -1.95. The maximum Gasteiger partial charge on any atom is 0.269 e. The Kier molecular flexibility index (Phi) is 2.75. The van der Waals surface area contributed by atoms with Gasteiger partial charge in [-0.15, -0.1) is 0 Å². The van der Waals surface area contributed by atoms with Crippen LogP contribution in [-0.4, -0.2) is 29.6 Å². The van der Waals surface area contributed by atoms with Crippen molar-refractivity contribution in [2.45, 2.75) is 25.0 Å². The van der Waals surface area contributed by atoms with Crippen molar-refractivity contribution in [2.24, 2.45) is 17.8 Å². The van der Waals surface area contributed by atoms with Crippen LogP contribution in [0.15, 0.2) is 24.3 Å². The van der Waals surface area contributed by atoms with Crippen LogP contribution in [0.4, 0.5) is 5.69 Å². The van der Waals surface area contributed by atoms with Crippen LogP contribution < -0.4 is 5.32 Å². The van der Waals surface area contributed by atoms with Crippen LogP contribution in [0.1, 0.15) is 23.2 Å². The molecule has 1 aliphatic heterocycles. The molecular formula is C15H16N2O4. The van der Waals surface area contributed by atoms with Gasteiger partial charge in [-0.25, -0.2) is 0 Å². The van der Waals surface area contributed by atoms with Crippen LogP contribution in [0.5, 0.6) is 0 Å². The molecule has 110 valence electrons. The maximum absolute atomic E-state index is 12.1. The van der Waals surface area contributed by atoms with Gasteiger partial charge in [0.2, 0.25) is 0 Å². The SMILES string of the molecule is O=C(NC[C@@H]1C[C@H]2C[C@H]1[C@H]1O[C@@H]21)c1ccc([N+](=O)[O-])cc1. The molecule has 6 nitrogen and oxygen atoms in total. The maximum atomic E-state index is 12.1. The van der Waals surface area contributed by atoms with E-state index in [-0.39, 0.29) is 11.6 Å². The van der Waals surface area contributed by atoms with Crippen molar-refractivity contribution < 1.29 is 14.5 Å². The summed E-state index contributed by atoms with van der Waals surface area (Å²) >= 11 is 0. The van der Waals surface area contributed by atoms with Gasteiger partial charge in [-0.2, -0.15) is 0 Å². The predicted molar refractivity (Wildman–Crippen MR) is 73.8 cm³/mol. The molecule has 4 rings (SSSR count). The molecule has 2 saturated carbocycles. The van der Waals surface area contributed by atoms with Gasteiger partial charge in [-0.05, 0) is 42.7 Å². The molecule has 5 atom stereocenters. The number of hydrogen-bond acceptors (Lipinski definition) is 4. The predicted octanol–water partition coefficient (Wildman–Crippen LogP) is 1.75. The number of epoxide rings is 1. The lowest BCUT2D eigenvalue weighted by Gasteiger charge is -2.19. The Labute approximate surface area is 121 Å². The molecule has 21 heavy (non-hydrogen) atoms. The summed E-state index contributed by atoms with van der Waals surface area (Å²) in [7, 11) is 0. The summed E-state index contributed by atoms with van der Waals surface area (Å²) in [6.07, 6.45) is 3.35. The fourth-order valence-electron chi connectivity index (χ4n) is 4.03. The highest BCUT2D eigenvalue weighted by molar-refractivity contribution is 5.94. The molecule has 1 aromatic rings. The van der Waals surface area contributed by atoms with Crippen LogP contribution in [-0.2, 0) is 4.74 Å². The number of non-ortho nitro benzene ring substituents is 1. The first-order valence-electron chi connectivity index (χ1n) is 7.31. The van der Waals surface area contributed by atoms with E-state index in [4.69, 9.17) is 4.74 Å². The average molecular weight is 288 g/mol. The minimum Gasteiger partial charge on any atom is -0.369 e. The number of fused-ring (bicyclic) bond motifs is 5. The quantitative estimate of drug-likeness (QED) is 0.519. The first-order chi connectivity index (χ1) is 10.1. The molecule has 0 radical (unpaired) electrons. The number of ether oxygens (including phenoxy) is 1. The minimum atomic E-state index is -0.469. The van der Waals surface area contributed by atoms with Crippen molar-refractivity contribution >= 4 is 11.6 Å². The fourth-order valence-corrected chi connectivity index (χ4v) is 4.03. The molecular weight excluding hydrogens is 272 g/mol. The number of carbonyl (C=O) groups excluding carboxylic acids is 1. The first kappa shape index (κ1) is 12.8. The van der Waals surface area contributed by atoms with Gasteiger partial charge in [-0.3, -0.25) is 14.9 Å². The molecule has 1 amide bonds. The van der Waals surface area contributed by atoms with E-state index in [1.807, 2.05) is 0 Å². The number of hydrogen-bond donors (Lipinski definition) is 1. The molecule has 1 aromatic carbocycles. The third-order valence-electron chi connectivity index (χ3n) is 5.10. The van der Waals surface area contributed by atoms with Crippen molar-refractivity contribution in [3.8, 4) is 0 Å². The number of benzene rings is 1. The lowest BCUT2D eigenvalue weighted by atomic mass is 9.89. The van der Waals surface area contributed by atoms with Crippen molar-refractivity contribution in [1.29, 1.82) is 0 Å². The van der Waals surface area contributed by atoms with Gasteiger partial charge in [0.15, 0.2) is 0 Å². The van der Waals surface area contributed by atoms with Crippen LogP contribution in [0, 0.1) is 27.9 Å². The first-order valence-corrected chi connectivity index (χ1v) is 7.31. The molecule has 3 aliphatic rings. The largest absolute Gasteiger partial charge is 0.369 e. The zero-order valence-corrected chi connectivity index (χ0v) is 11.4. The Morgan fingerprint density at radius 1 is 1.29 bits per heavy atom. The average Bonchev–Trinajstić information content (AvgIpc) is 3.10. The number of amides is 1. The van der Waals surface area contributed by atoms with Gasteiger partial charge in [-0.1, -0.05) is 0 Å². The molecule has 0 aromatic heterocycles. The third kappa shape index (κ3) is 2.10. The standard InChI is InChI=1S/C15H16N2O4/c18-15(8-1-3-11(4-2-8)17(19)20)16-7-10-5-9-6-12(10)14-13(9)21-14/h1-4,9-10,12-14H,5-7H2,(H,16,18)/t9-,10-,12+,13-,14+/m0/s1. The summed E-state index contributed by atoms with van der Waals surface area (Å²) in [4.78, 5) is 22.2. The number of carbonyl (C=O) groups is 1. The van der Waals surface area contributed by atoms with E-state index >= 15 is 0 Å².